The monoisotopic (exact) mass is 417 g/mol. The fourth-order valence-electron chi connectivity index (χ4n) is 4.54. The van der Waals surface area contributed by atoms with Gasteiger partial charge >= 0.3 is 0 Å². The number of nitrogens with two attached hydrogens (primary N) is 1. The van der Waals surface area contributed by atoms with Gasteiger partial charge < -0.3 is 20.8 Å². The number of anilines is 1. The zero-order valence-corrected chi connectivity index (χ0v) is 18.6. The molecule has 0 radical (unpaired) electrons. The summed E-state index contributed by atoms with van der Waals surface area (Å²) in [5.74, 6) is 6.51. The zero-order valence-electron chi connectivity index (χ0n) is 18.6. The smallest absolute Gasteiger partial charge is 0.142 e. The molecule has 31 heavy (non-hydrogen) atoms. The van der Waals surface area contributed by atoms with Crippen LogP contribution in [0.2, 0.25) is 0 Å². The van der Waals surface area contributed by atoms with Crippen molar-refractivity contribution in [3.05, 3.63) is 65.2 Å². The predicted octanol–water partition coefficient (Wildman–Crippen LogP) is 3.78. The average Bonchev–Trinajstić information content (AvgIpc) is 3.03. The van der Waals surface area contributed by atoms with Crippen molar-refractivity contribution in [2.75, 3.05) is 38.7 Å². The van der Waals surface area contributed by atoms with Crippen molar-refractivity contribution >= 4 is 22.7 Å². The van der Waals surface area contributed by atoms with Gasteiger partial charge in [-0.25, -0.2) is 0 Å². The summed E-state index contributed by atoms with van der Waals surface area (Å²) in [5.41, 5.74) is 7.75. The van der Waals surface area contributed by atoms with Crippen LogP contribution in [-0.2, 0) is 0 Å². The molecule has 162 valence electrons. The Kier molecular flexibility index (Phi) is 6.37. The third kappa shape index (κ3) is 4.21. The first-order valence-electron chi connectivity index (χ1n) is 10.8. The Morgan fingerprint density at radius 1 is 1.26 bits per heavy atom. The highest BCUT2D eigenvalue weighted by Gasteiger charge is 2.27. The second-order valence-electron chi connectivity index (χ2n) is 8.02. The van der Waals surface area contributed by atoms with Crippen molar-refractivity contribution in [1.29, 1.82) is 0 Å². The van der Waals surface area contributed by atoms with E-state index in [1.54, 1.807) is 7.11 Å². The van der Waals surface area contributed by atoms with E-state index in [2.05, 4.69) is 58.8 Å². The van der Waals surface area contributed by atoms with E-state index in [-0.39, 0.29) is 6.04 Å². The SMILES string of the molecule is COc1ccccc1N(C)C1CCN=C(C(C)=NN)c2ccc(C3=CCNCC3)cc21. The Hall–Kier alpha value is -3.12. The van der Waals surface area contributed by atoms with Crippen molar-refractivity contribution in [2.24, 2.45) is 15.9 Å². The molecule has 0 aromatic heterocycles. The molecule has 6 nitrogen and oxygen atoms in total. The first-order chi connectivity index (χ1) is 15.1. The number of nitrogens with one attached hydrogen (secondary N) is 1. The number of methoxy groups -OCH3 is 1. The standard InChI is InChI=1S/C25H31N5O/c1-17(29-26)25-20-9-8-19(18-10-13-27-14-11-18)16-21(20)22(12-15-28-25)30(2)23-6-4-5-7-24(23)31-3/h4-10,16,22,27H,11-15,26H2,1-3H3. The highest BCUT2D eigenvalue weighted by Crippen LogP contribution is 2.38. The first kappa shape index (κ1) is 21.1. The normalized spacial score (nSPS) is 19.1. The van der Waals surface area contributed by atoms with E-state index in [1.165, 1.54) is 16.7 Å². The molecular weight excluding hydrogens is 386 g/mol. The van der Waals surface area contributed by atoms with Crippen LogP contribution in [0.25, 0.3) is 5.57 Å². The largest absolute Gasteiger partial charge is 0.495 e. The Bertz CT molecular complexity index is 1040. The highest BCUT2D eigenvalue weighted by molar-refractivity contribution is 6.48. The van der Waals surface area contributed by atoms with Crippen LogP contribution in [0.5, 0.6) is 5.75 Å². The van der Waals surface area contributed by atoms with Crippen LogP contribution >= 0.6 is 0 Å². The van der Waals surface area contributed by atoms with E-state index in [0.29, 0.717) is 6.54 Å². The van der Waals surface area contributed by atoms with Crippen LogP contribution in [0.4, 0.5) is 5.69 Å². The lowest BCUT2D eigenvalue weighted by Crippen LogP contribution is -2.27. The van der Waals surface area contributed by atoms with Gasteiger partial charge in [0, 0.05) is 25.7 Å². The number of ether oxygens (including phenoxy) is 1. The molecule has 0 fully saturated rings. The third-order valence-corrected chi connectivity index (χ3v) is 6.24. The molecule has 4 rings (SSSR count). The summed E-state index contributed by atoms with van der Waals surface area (Å²) in [7, 11) is 3.86. The molecule has 0 saturated heterocycles. The topological polar surface area (TPSA) is 75.2 Å². The number of nitrogens with zero attached hydrogens (tertiary/aromatic N) is 3. The summed E-state index contributed by atoms with van der Waals surface area (Å²) in [4.78, 5) is 7.18. The van der Waals surface area contributed by atoms with Crippen molar-refractivity contribution < 1.29 is 4.74 Å². The molecule has 2 aliphatic heterocycles. The summed E-state index contributed by atoms with van der Waals surface area (Å²) >= 11 is 0. The third-order valence-electron chi connectivity index (χ3n) is 6.24. The van der Waals surface area contributed by atoms with Gasteiger partial charge in [0.05, 0.1) is 30.3 Å². The molecule has 1 atom stereocenters. The molecule has 0 spiro atoms. The predicted molar refractivity (Wildman–Crippen MR) is 129 cm³/mol. The van der Waals surface area contributed by atoms with Crippen molar-refractivity contribution in [1.82, 2.24) is 5.32 Å². The van der Waals surface area contributed by atoms with Crippen LogP contribution in [-0.4, -0.2) is 45.2 Å². The van der Waals surface area contributed by atoms with Crippen LogP contribution in [0.3, 0.4) is 0 Å². The van der Waals surface area contributed by atoms with Gasteiger partial charge in [0.1, 0.15) is 5.75 Å². The Morgan fingerprint density at radius 3 is 2.84 bits per heavy atom. The number of benzene rings is 2. The van der Waals surface area contributed by atoms with Crippen LogP contribution in [0, 0.1) is 0 Å². The Balaban J connectivity index is 1.83. The number of hydrazone groups is 1. The summed E-state index contributed by atoms with van der Waals surface area (Å²) in [6, 6.07) is 15.1. The van der Waals surface area contributed by atoms with Gasteiger partial charge in [-0.15, -0.1) is 0 Å². The Labute approximate surface area is 184 Å². The van der Waals surface area contributed by atoms with E-state index in [9.17, 15) is 0 Å². The van der Waals surface area contributed by atoms with E-state index in [1.807, 2.05) is 19.1 Å². The van der Waals surface area contributed by atoms with Crippen LogP contribution in [0.15, 0.2) is 58.6 Å². The maximum Gasteiger partial charge on any atom is 0.142 e. The van der Waals surface area contributed by atoms with E-state index in [0.717, 1.165) is 54.4 Å². The van der Waals surface area contributed by atoms with E-state index in [4.69, 9.17) is 15.6 Å². The summed E-state index contributed by atoms with van der Waals surface area (Å²) in [5, 5.41) is 7.35. The van der Waals surface area contributed by atoms with Gasteiger partial charge in [-0.05, 0) is 61.2 Å². The molecule has 2 aromatic rings. The number of para-hydroxylation sites is 2. The second kappa shape index (κ2) is 9.35. The summed E-state index contributed by atoms with van der Waals surface area (Å²) in [6.45, 7) is 4.57. The van der Waals surface area contributed by atoms with Gasteiger partial charge in [-0.2, -0.15) is 5.10 Å². The van der Waals surface area contributed by atoms with Crippen molar-refractivity contribution in [3.63, 3.8) is 0 Å². The van der Waals surface area contributed by atoms with Crippen molar-refractivity contribution in [2.45, 2.75) is 25.8 Å². The maximum absolute atomic E-state index is 5.65. The van der Waals surface area contributed by atoms with E-state index >= 15 is 0 Å². The molecule has 6 heteroatoms. The lowest BCUT2D eigenvalue weighted by atomic mass is 9.89. The van der Waals surface area contributed by atoms with Crippen molar-refractivity contribution in [3.8, 4) is 5.75 Å². The zero-order chi connectivity index (χ0) is 21.8. The van der Waals surface area contributed by atoms with E-state index < -0.39 is 0 Å². The fraction of sp³-hybridized carbons (Fsp3) is 0.360. The molecule has 1 unspecified atom stereocenters. The minimum Gasteiger partial charge on any atom is -0.495 e. The lowest BCUT2D eigenvalue weighted by Gasteiger charge is -2.32. The van der Waals surface area contributed by atoms with Crippen LogP contribution < -0.4 is 20.8 Å². The van der Waals surface area contributed by atoms with Crippen LogP contribution in [0.1, 0.15) is 42.5 Å². The number of hydrogen-bond acceptors (Lipinski definition) is 6. The summed E-state index contributed by atoms with van der Waals surface area (Å²) < 4.78 is 5.65. The molecule has 0 amide bonds. The van der Waals surface area contributed by atoms with Gasteiger partial charge in [0.15, 0.2) is 0 Å². The molecule has 2 aromatic carbocycles. The molecule has 0 aliphatic carbocycles. The molecule has 0 saturated carbocycles. The van der Waals surface area contributed by atoms with Gasteiger partial charge in [-0.1, -0.05) is 30.3 Å². The van der Waals surface area contributed by atoms with Gasteiger partial charge in [0.25, 0.3) is 0 Å². The molecule has 2 heterocycles. The molecule has 2 aliphatic rings. The number of rotatable bonds is 5. The van der Waals surface area contributed by atoms with Gasteiger partial charge in [0.2, 0.25) is 0 Å². The number of fused-ring (bicyclic) bond motifs is 1. The molecule has 3 N–H and O–H groups in total. The second-order valence-corrected chi connectivity index (χ2v) is 8.02. The first-order valence-corrected chi connectivity index (χ1v) is 10.8. The molecular formula is C25H31N5O. The minimum absolute atomic E-state index is 0.153. The quantitative estimate of drug-likeness (QED) is 0.441. The maximum atomic E-state index is 5.65. The van der Waals surface area contributed by atoms with Gasteiger partial charge in [-0.3, -0.25) is 4.99 Å². The Morgan fingerprint density at radius 2 is 2.10 bits per heavy atom. The number of aliphatic imine (C=N–C) groups is 1. The number of hydrogen-bond donors (Lipinski definition) is 2. The summed E-state index contributed by atoms with van der Waals surface area (Å²) in [6.07, 6.45) is 4.23. The lowest BCUT2D eigenvalue weighted by molar-refractivity contribution is 0.413. The highest BCUT2D eigenvalue weighted by atomic mass is 16.5. The molecule has 0 bridgehead atoms. The minimum atomic E-state index is 0.153. The average molecular weight is 418 g/mol. The fourth-order valence-corrected chi connectivity index (χ4v) is 4.54.